The number of aromatic nitrogens is 4. The van der Waals surface area contributed by atoms with Gasteiger partial charge in [-0.1, -0.05) is 0 Å². The van der Waals surface area contributed by atoms with Gasteiger partial charge < -0.3 is 10.2 Å². The maximum atomic E-state index is 12.6. The highest BCUT2D eigenvalue weighted by atomic mass is 16.1. The van der Waals surface area contributed by atoms with E-state index in [1.54, 1.807) is 24.7 Å². The minimum Gasteiger partial charge on any atom is -0.355 e. The monoisotopic (exact) mass is 312 g/mol. The molecule has 0 aromatic carbocycles. The van der Waals surface area contributed by atoms with Gasteiger partial charge in [0, 0.05) is 31.7 Å². The molecule has 1 fully saturated rings. The lowest BCUT2D eigenvalue weighted by molar-refractivity contribution is -0.125. The first-order valence-corrected chi connectivity index (χ1v) is 8.10. The van der Waals surface area contributed by atoms with Crippen molar-refractivity contribution >= 4 is 11.9 Å². The molecule has 0 unspecified atom stereocenters. The Bertz CT molecular complexity index is 681. The van der Waals surface area contributed by atoms with Crippen molar-refractivity contribution in [2.45, 2.75) is 25.9 Å². The van der Waals surface area contributed by atoms with Crippen LogP contribution in [0.2, 0.25) is 0 Å². The molecule has 2 aromatic heterocycles. The summed E-state index contributed by atoms with van der Waals surface area (Å²) in [4.78, 5) is 23.3. The molecule has 3 heterocycles. The predicted octanol–water partition coefficient (Wildman–Crippen LogP) is 0.836. The van der Waals surface area contributed by atoms with Crippen LogP contribution in [0.5, 0.6) is 0 Å². The minimum atomic E-state index is -0.154. The molecule has 2 aromatic rings. The van der Waals surface area contributed by atoms with Crippen LogP contribution in [0.25, 0.3) is 0 Å². The maximum Gasteiger partial charge on any atom is 0.226 e. The fraction of sp³-hybridized carbons (Fsp3) is 0.500. The van der Waals surface area contributed by atoms with E-state index in [0.29, 0.717) is 31.5 Å². The first kappa shape index (κ1) is 14.2. The fourth-order valence-corrected chi connectivity index (χ4v) is 2.94. The molecule has 0 saturated heterocycles. The highest BCUT2D eigenvalue weighted by Crippen LogP contribution is 2.28. The van der Waals surface area contributed by atoms with Crippen LogP contribution in [-0.4, -0.2) is 38.7 Å². The summed E-state index contributed by atoms with van der Waals surface area (Å²) in [5.41, 5.74) is 1.08. The van der Waals surface area contributed by atoms with E-state index < -0.39 is 0 Å². The van der Waals surface area contributed by atoms with Gasteiger partial charge in [0.1, 0.15) is 0 Å². The lowest BCUT2D eigenvalue weighted by Gasteiger charge is -2.23. The molecule has 1 aliphatic carbocycles. The van der Waals surface area contributed by atoms with Crippen molar-refractivity contribution in [2.24, 2.45) is 11.8 Å². The quantitative estimate of drug-likeness (QED) is 0.905. The standard InChI is InChI=1S/C16H20N6O/c23-15(19-8-12-2-3-12)13-9-21(16-17-5-1-6-18-16)11-14-4-7-20-22(14)10-13/h1,4-7,12-13H,2-3,8-11H2,(H,19,23)/t13-/m0/s1. The summed E-state index contributed by atoms with van der Waals surface area (Å²) >= 11 is 0. The largest absolute Gasteiger partial charge is 0.355 e. The summed E-state index contributed by atoms with van der Waals surface area (Å²) in [6, 6.07) is 3.78. The zero-order valence-electron chi connectivity index (χ0n) is 12.9. The van der Waals surface area contributed by atoms with Gasteiger partial charge in [0.15, 0.2) is 0 Å². The van der Waals surface area contributed by atoms with Crippen LogP contribution in [0.3, 0.4) is 0 Å². The summed E-state index contributed by atoms with van der Waals surface area (Å²) < 4.78 is 1.92. The van der Waals surface area contributed by atoms with Crippen LogP contribution in [0, 0.1) is 11.8 Å². The number of carbonyl (C=O) groups excluding carboxylic acids is 1. The summed E-state index contributed by atoms with van der Waals surface area (Å²) in [6.45, 7) is 2.66. The summed E-state index contributed by atoms with van der Waals surface area (Å²) in [7, 11) is 0. The summed E-state index contributed by atoms with van der Waals surface area (Å²) in [5.74, 6) is 1.28. The molecular formula is C16H20N6O. The SMILES string of the molecule is O=C(NCC1CC1)[C@H]1CN(c2ncccn2)Cc2ccnn2C1. The summed E-state index contributed by atoms with van der Waals surface area (Å²) in [6.07, 6.45) is 7.71. The van der Waals surface area contributed by atoms with Gasteiger partial charge in [-0.25, -0.2) is 9.97 Å². The van der Waals surface area contributed by atoms with Gasteiger partial charge in [-0.15, -0.1) is 0 Å². The summed E-state index contributed by atoms with van der Waals surface area (Å²) in [5, 5.41) is 7.44. The molecule has 0 bridgehead atoms. The Morgan fingerprint density at radius 1 is 1.22 bits per heavy atom. The lowest BCUT2D eigenvalue weighted by atomic mass is 10.1. The molecule has 2 aliphatic rings. The van der Waals surface area contributed by atoms with Crippen LogP contribution in [0.15, 0.2) is 30.7 Å². The maximum absolute atomic E-state index is 12.6. The van der Waals surface area contributed by atoms with Crippen LogP contribution in [-0.2, 0) is 17.9 Å². The first-order valence-electron chi connectivity index (χ1n) is 8.10. The number of nitrogens with one attached hydrogen (secondary N) is 1. The molecule has 1 aliphatic heterocycles. The number of hydrogen-bond donors (Lipinski definition) is 1. The van der Waals surface area contributed by atoms with E-state index in [4.69, 9.17) is 0 Å². The van der Waals surface area contributed by atoms with Crippen molar-refractivity contribution < 1.29 is 4.79 Å². The van der Waals surface area contributed by atoms with Crippen LogP contribution < -0.4 is 10.2 Å². The third-order valence-corrected chi connectivity index (χ3v) is 4.46. The molecule has 7 heteroatoms. The Morgan fingerprint density at radius 3 is 2.83 bits per heavy atom. The number of rotatable bonds is 4. The second-order valence-corrected chi connectivity index (χ2v) is 6.32. The molecule has 0 spiro atoms. The van der Waals surface area contributed by atoms with E-state index in [9.17, 15) is 4.79 Å². The zero-order chi connectivity index (χ0) is 15.6. The average Bonchev–Trinajstić information content (AvgIpc) is 3.35. The molecule has 1 amide bonds. The Labute approximate surface area is 134 Å². The fourth-order valence-electron chi connectivity index (χ4n) is 2.94. The first-order chi connectivity index (χ1) is 11.3. The van der Waals surface area contributed by atoms with E-state index >= 15 is 0 Å². The van der Waals surface area contributed by atoms with Gasteiger partial charge in [-0.05, 0) is 30.9 Å². The molecule has 1 saturated carbocycles. The highest BCUT2D eigenvalue weighted by Gasteiger charge is 2.30. The van der Waals surface area contributed by atoms with E-state index in [2.05, 4.69) is 25.3 Å². The molecule has 4 rings (SSSR count). The molecule has 120 valence electrons. The number of fused-ring (bicyclic) bond motifs is 1. The van der Waals surface area contributed by atoms with Gasteiger partial charge >= 0.3 is 0 Å². The number of nitrogens with zero attached hydrogens (tertiary/aromatic N) is 5. The van der Waals surface area contributed by atoms with Gasteiger partial charge in [0.05, 0.1) is 24.7 Å². The Kier molecular flexibility index (Phi) is 3.69. The van der Waals surface area contributed by atoms with Crippen molar-refractivity contribution in [3.05, 3.63) is 36.4 Å². The van der Waals surface area contributed by atoms with Crippen molar-refractivity contribution in [2.75, 3.05) is 18.0 Å². The van der Waals surface area contributed by atoms with E-state index in [1.165, 1.54) is 12.8 Å². The Morgan fingerprint density at radius 2 is 2.04 bits per heavy atom. The van der Waals surface area contributed by atoms with Crippen LogP contribution in [0.4, 0.5) is 5.95 Å². The number of amides is 1. The Balaban J connectivity index is 1.55. The van der Waals surface area contributed by atoms with Crippen molar-refractivity contribution in [3.8, 4) is 0 Å². The predicted molar refractivity (Wildman–Crippen MR) is 84.5 cm³/mol. The van der Waals surface area contributed by atoms with Crippen LogP contribution in [0.1, 0.15) is 18.5 Å². The average molecular weight is 312 g/mol. The van der Waals surface area contributed by atoms with Crippen molar-refractivity contribution in [3.63, 3.8) is 0 Å². The van der Waals surface area contributed by atoms with E-state index in [1.807, 2.05) is 10.7 Å². The van der Waals surface area contributed by atoms with Crippen molar-refractivity contribution in [1.29, 1.82) is 0 Å². The zero-order valence-corrected chi connectivity index (χ0v) is 12.9. The van der Waals surface area contributed by atoms with E-state index in [0.717, 1.165) is 12.2 Å². The number of anilines is 1. The topological polar surface area (TPSA) is 75.9 Å². The molecule has 1 atom stereocenters. The molecule has 7 nitrogen and oxygen atoms in total. The van der Waals surface area contributed by atoms with Gasteiger partial charge in [-0.2, -0.15) is 5.10 Å². The second kappa shape index (κ2) is 5.98. The van der Waals surface area contributed by atoms with Crippen LogP contribution >= 0.6 is 0 Å². The normalized spacial score (nSPS) is 20.7. The number of hydrogen-bond acceptors (Lipinski definition) is 5. The smallest absolute Gasteiger partial charge is 0.226 e. The van der Waals surface area contributed by atoms with Gasteiger partial charge in [0.25, 0.3) is 0 Å². The minimum absolute atomic E-state index is 0.0983. The number of carbonyl (C=O) groups is 1. The molecule has 1 N–H and O–H groups in total. The Hall–Kier alpha value is -2.44. The molecule has 0 radical (unpaired) electrons. The van der Waals surface area contributed by atoms with Gasteiger partial charge in [-0.3, -0.25) is 9.48 Å². The lowest BCUT2D eigenvalue weighted by Crippen LogP contribution is -2.40. The highest BCUT2D eigenvalue weighted by molar-refractivity contribution is 5.79. The second-order valence-electron chi connectivity index (χ2n) is 6.32. The third kappa shape index (κ3) is 3.18. The van der Waals surface area contributed by atoms with E-state index in [-0.39, 0.29) is 11.8 Å². The molecule has 23 heavy (non-hydrogen) atoms. The van der Waals surface area contributed by atoms with Crippen molar-refractivity contribution in [1.82, 2.24) is 25.1 Å². The molecular weight excluding hydrogens is 292 g/mol. The third-order valence-electron chi connectivity index (χ3n) is 4.46. The van der Waals surface area contributed by atoms with Gasteiger partial charge in [0.2, 0.25) is 11.9 Å².